The molecule has 0 saturated heterocycles. The molecule has 0 spiro atoms. The standard InChI is InChI=1S/C5H11.C4H11N.W/c1-3-5-4-2;1-4-5(2)3;/h5H,3-4H2,1-2H3;4H2,1-3H3;/q-1;;. The summed E-state index contributed by atoms with van der Waals surface area (Å²) < 4.78 is 0. The van der Waals surface area contributed by atoms with E-state index in [1.54, 1.807) is 0 Å². The van der Waals surface area contributed by atoms with Crippen LogP contribution in [-0.4, -0.2) is 25.5 Å². The Morgan fingerprint density at radius 2 is 1.27 bits per heavy atom. The topological polar surface area (TPSA) is 3.24 Å². The van der Waals surface area contributed by atoms with Gasteiger partial charge in [0.15, 0.2) is 0 Å². The van der Waals surface area contributed by atoms with Crippen molar-refractivity contribution < 1.29 is 21.1 Å². The normalized spacial score (nSPS) is 8.18. The van der Waals surface area contributed by atoms with Gasteiger partial charge in [0.1, 0.15) is 0 Å². The molecule has 0 heterocycles. The Bertz CT molecular complexity index is 44.8. The van der Waals surface area contributed by atoms with E-state index in [9.17, 15) is 0 Å². The van der Waals surface area contributed by atoms with Crippen molar-refractivity contribution in [3.8, 4) is 0 Å². The smallest absolute Gasteiger partial charge is 0 e. The van der Waals surface area contributed by atoms with Crippen LogP contribution < -0.4 is 0 Å². The monoisotopic (exact) mass is 328 g/mol. The maximum Gasteiger partial charge on any atom is 0 e. The summed E-state index contributed by atoms with van der Waals surface area (Å²) in [5.41, 5.74) is 0. The Kier molecular flexibility index (Phi) is 27.2. The van der Waals surface area contributed by atoms with E-state index in [-0.39, 0.29) is 21.1 Å². The minimum absolute atomic E-state index is 0. The Morgan fingerprint density at radius 3 is 1.27 bits per heavy atom. The van der Waals surface area contributed by atoms with Gasteiger partial charge in [-0.2, -0.15) is 12.8 Å². The first-order valence-electron chi connectivity index (χ1n) is 4.15. The van der Waals surface area contributed by atoms with Crippen LogP contribution in [0.1, 0.15) is 33.6 Å². The quantitative estimate of drug-likeness (QED) is 0.720. The number of hydrogen-bond donors (Lipinski definition) is 0. The molecule has 0 unspecified atom stereocenters. The minimum atomic E-state index is 0. The third-order valence-electron chi connectivity index (χ3n) is 1.21. The largest absolute Gasteiger partial charge is 0.329 e. The summed E-state index contributed by atoms with van der Waals surface area (Å²) in [6.07, 6.45) is 4.69. The van der Waals surface area contributed by atoms with Crippen molar-refractivity contribution in [3.05, 3.63) is 6.42 Å². The summed E-state index contributed by atoms with van der Waals surface area (Å²) in [5, 5.41) is 0. The molecule has 1 nitrogen and oxygen atoms in total. The minimum Gasteiger partial charge on any atom is -0.329 e. The van der Waals surface area contributed by atoms with Crippen LogP contribution in [0.2, 0.25) is 0 Å². The summed E-state index contributed by atoms with van der Waals surface area (Å²) in [4.78, 5) is 2.12. The summed E-state index contributed by atoms with van der Waals surface area (Å²) in [5.74, 6) is 0. The molecule has 70 valence electrons. The van der Waals surface area contributed by atoms with Crippen molar-refractivity contribution in [2.45, 2.75) is 33.6 Å². The molecule has 0 aromatic rings. The van der Waals surface area contributed by atoms with Gasteiger partial charge in [-0.3, -0.25) is 0 Å². The van der Waals surface area contributed by atoms with Crippen LogP contribution in [0.3, 0.4) is 0 Å². The van der Waals surface area contributed by atoms with Crippen molar-refractivity contribution in [2.24, 2.45) is 0 Å². The van der Waals surface area contributed by atoms with Crippen molar-refractivity contribution >= 4 is 0 Å². The second-order valence-electron chi connectivity index (χ2n) is 2.50. The summed E-state index contributed by atoms with van der Waals surface area (Å²) in [6.45, 7) is 7.58. The third-order valence-corrected chi connectivity index (χ3v) is 1.21. The molecule has 0 aliphatic rings. The van der Waals surface area contributed by atoms with Crippen molar-refractivity contribution in [3.63, 3.8) is 0 Å². The first-order valence-corrected chi connectivity index (χ1v) is 4.15. The average molecular weight is 328 g/mol. The zero-order chi connectivity index (χ0) is 8.41. The molecule has 0 bridgehead atoms. The molecule has 0 aromatic carbocycles. The third kappa shape index (κ3) is 36.9. The van der Waals surface area contributed by atoms with Crippen LogP contribution in [-0.2, 0) is 21.1 Å². The number of unbranched alkanes of at least 4 members (excludes halogenated alkanes) is 2. The Hall–Kier alpha value is 0.648. The van der Waals surface area contributed by atoms with Crippen LogP contribution in [0.5, 0.6) is 0 Å². The van der Waals surface area contributed by atoms with Gasteiger partial charge >= 0.3 is 0 Å². The molecule has 0 saturated carbocycles. The first kappa shape index (κ1) is 17.7. The second-order valence-corrected chi connectivity index (χ2v) is 2.50. The molecular weight excluding hydrogens is 306 g/mol. The molecule has 0 rings (SSSR count). The van der Waals surface area contributed by atoms with Crippen molar-refractivity contribution in [2.75, 3.05) is 20.6 Å². The van der Waals surface area contributed by atoms with Gasteiger partial charge in [-0.05, 0) is 20.6 Å². The zero-order valence-electron chi connectivity index (χ0n) is 8.55. The van der Waals surface area contributed by atoms with Crippen LogP contribution >= 0.6 is 0 Å². The fourth-order valence-corrected chi connectivity index (χ4v) is 0.289. The van der Waals surface area contributed by atoms with Gasteiger partial charge < -0.3 is 11.3 Å². The Morgan fingerprint density at radius 1 is 1.00 bits per heavy atom. The number of rotatable bonds is 3. The molecule has 0 aromatic heterocycles. The van der Waals surface area contributed by atoms with Gasteiger partial charge in [0.05, 0.1) is 0 Å². The molecule has 0 N–H and O–H groups in total. The maximum absolute atomic E-state index is 2.25. The van der Waals surface area contributed by atoms with Gasteiger partial charge in [0.2, 0.25) is 0 Å². The summed E-state index contributed by atoms with van der Waals surface area (Å²) in [7, 11) is 4.11. The molecule has 0 aliphatic heterocycles. The predicted octanol–water partition coefficient (Wildman–Crippen LogP) is 2.58. The number of nitrogens with zero attached hydrogens (tertiary/aromatic N) is 1. The molecule has 0 aliphatic carbocycles. The molecule has 2 heteroatoms. The SMILES string of the molecule is CCN(C)C.CC[CH-]CC.[W]. The van der Waals surface area contributed by atoms with E-state index >= 15 is 0 Å². The van der Waals surface area contributed by atoms with Crippen LogP contribution in [0.15, 0.2) is 0 Å². The zero-order valence-corrected chi connectivity index (χ0v) is 11.5. The molecular formula is C9H22NW-. The van der Waals surface area contributed by atoms with E-state index in [1.807, 2.05) is 0 Å². The first-order chi connectivity index (χ1) is 4.68. The fraction of sp³-hybridized carbons (Fsp3) is 0.889. The van der Waals surface area contributed by atoms with Gasteiger partial charge in [0.25, 0.3) is 0 Å². The predicted molar refractivity (Wildman–Crippen MR) is 49.1 cm³/mol. The van der Waals surface area contributed by atoms with E-state index in [0.29, 0.717) is 0 Å². The molecule has 11 heavy (non-hydrogen) atoms. The van der Waals surface area contributed by atoms with Crippen LogP contribution in [0.4, 0.5) is 0 Å². The summed E-state index contributed by atoms with van der Waals surface area (Å²) >= 11 is 0. The van der Waals surface area contributed by atoms with Crippen molar-refractivity contribution in [1.29, 1.82) is 0 Å². The summed E-state index contributed by atoms with van der Waals surface area (Å²) in [6, 6.07) is 0. The van der Waals surface area contributed by atoms with Crippen molar-refractivity contribution in [1.82, 2.24) is 4.90 Å². The van der Waals surface area contributed by atoms with E-state index in [0.717, 1.165) is 6.54 Å². The average Bonchev–Trinajstić information content (AvgIpc) is 1.91. The van der Waals surface area contributed by atoms with E-state index in [1.165, 1.54) is 12.8 Å². The van der Waals surface area contributed by atoms with E-state index in [4.69, 9.17) is 0 Å². The molecule has 0 fully saturated rings. The Balaban J connectivity index is -0.000000107. The maximum atomic E-state index is 2.25. The molecule has 0 amide bonds. The van der Waals surface area contributed by atoms with Gasteiger partial charge in [-0.25, -0.2) is 0 Å². The Labute approximate surface area is 86.8 Å². The van der Waals surface area contributed by atoms with E-state index < -0.39 is 0 Å². The van der Waals surface area contributed by atoms with Crippen LogP contribution in [0.25, 0.3) is 0 Å². The molecule has 0 atom stereocenters. The van der Waals surface area contributed by atoms with Gasteiger partial charge in [0, 0.05) is 21.1 Å². The van der Waals surface area contributed by atoms with Gasteiger partial charge in [-0.15, -0.1) is 0 Å². The fourth-order valence-electron chi connectivity index (χ4n) is 0.289. The van der Waals surface area contributed by atoms with Gasteiger partial charge in [-0.1, -0.05) is 20.8 Å². The second kappa shape index (κ2) is 16.9. The number of hydrogen-bond acceptors (Lipinski definition) is 1. The molecule has 0 radical (unpaired) electrons. The van der Waals surface area contributed by atoms with E-state index in [2.05, 4.69) is 46.2 Å². The van der Waals surface area contributed by atoms with Crippen LogP contribution in [0, 0.1) is 6.42 Å².